The van der Waals surface area contributed by atoms with E-state index in [0.717, 1.165) is 6.42 Å². The molecule has 0 amide bonds. The first kappa shape index (κ1) is 13.5. The van der Waals surface area contributed by atoms with E-state index in [0.29, 0.717) is 22.0 Å². The maximum Gasteiger partial charge on any atom is 0.164 e. The predicted molar refractivity (Wildman–Crippen MR) is 69.5 cm³/mol. The number of hydrogen-bond donors (Lipinski definition) is 0. The number of Topliss-reactive ketones (excluding diaryl/α,β-unsaturated/α-hetero) is 1. The molecule has 1 rings (SSSR count). The summed E-state index contributed by atoms with van der Waals surface area (Å²) in [6.45, 7) is 6.33. The highest BCUT2D eigenvalue weighted by molar-refractivity contribution is 6.35. The largest absolute Gasteiger partial charge is 0.294 e. The molecule has 16 heavy (non-hydrogen) atoms. The second-order valence-electron chi connectivity index (χ2n) is 5.11. The lowest BCUT2D eigenvalue weighted by molar-refractivity contribution is 0.0966. The van der Waals surface area contributed by atoms with Crippen LogP contribution in [0.25, 0.3) is 0 Å². The Kier molecular flexibility index (Phi) is 4.40. The van der Waals surface area contributed by atoms with E-state index >= 15 is 0 Å². The fourth-order valence-electron chi connectivity index (χ4n) is 1.33. The lowest BCUT2D eigenvalue weighted by Crippen LogP contribution is -2.09. The zero-order valence-electron chi connectivity index (χ0n) is 9.81. The zero-order chi connectivity index (χ0) is 12.3. The van der Waals surface area contributed by atoms with E-state index in [1.54, 1.807) is 18.2 Å². The molecule has 0 unspecified atom stereocenters. The summed E-state index contributed by atoms with van der Waals surface area (Å²) >= 11 is 11.8. The molecule has 0 aliphatic carbocycles. The fraction of sp³-hybridized carbons (Fsp3) is 0.462. The Hall–Kier alpha value is -0.530. The van der Waals surface area contributed by atoms with Crippen LogP contribution in [0, 0.1) is 5.41 Å². The molecular formula is C13H16Cl2O. The quantitative estimate of drug-likeness (QED) is 0.698. The van der Waals surface area contributed by atoms with Crippen molar-refractivity contribution in [2.24, 2.45) is 5.41 Å². The first-order valence-corrected chi connectivity index (χ1v) is 6.03. The van der Waals surface area contributed by atoms with Gasteiger partial charge in [0.2, 0.25) is 0 Å². The molecule has 0 N–H and O–H groups in total. The predicted octanol–water partition coefficient (Wildman–Crippen LogP) is 5.00. The molecule has 0 radical (unpaired) electrons. The van der Waals surface area contributed by atoms with Crippen LogP contribution in [-0.4, -0.2) is 5.78 Å². The molecular weight excluding hydrogens is 243 g/mol. The first-order valence-electron chi connectivity index (χ1n) is 5.28. The van der Waals surface area contributed by atoms with Gasteiger partial charge in [-0.15, -0.1) is 0 Å². The molecule has 0 fully saturated rings. The smallest absolute Gasteiger partial charge is 0.164 e. The highest BCUT2D eigenvalue weighted by Crippen LogP contribution is 2.26. The Morgan fingerprint density at radius 3 is 2.44 bits per heavy atom. The van der Waals surface area contributed by atoms with Gasteiger partial charge in [0.15, 0.2) is 5.78 Å². The minimum Gasteiger partial charge on any atom is -0.294 e. The number of hydrogen-bond acceptors (Lipinski definition) is 1. The van der Waals surface area contributed by atoms with Crippen molar-refractivity contribution in [1.29, 1.82) is 0 Å². The van der Waals surface area contributed by atoms with Gasteiger partial charge in [-0.3, -0.25) is 4.79 Å². The van der Waals surface area contributed by atoms with E-state index in [1.165, 1.54) is 0 Å². The third kappa shape index (κ3) is 4.15. The second-order valence-corrected chi connectivity index (χ2v) is 5.95. The van der Waals surface area contributed by atoms with Crippen LogP contribution in [0.4, 0.5) is 0 Å². The van der Waals surface area contributed by atoms with Gasteiger partial charge in [-0.1, -0.05) is 44.0 Å². The average molecular weight is 259 g/mol. The lowest BCUT2D eigenvalue weighted by atomic mass is 9.88. The van der Waals surface area contributed by atoms with Gasteiger partial charge >= 0.3 is 0 Å². The summed E-state index contributed by atoms with van der Waals surface area (Å²) in [6.07, 6.45) is 1.35. The molecule has 0 aliphatic heterocycles. The lowest BCUT2D eigenvalue weighted by Gasteiger charge is -2.17. The SMILES string of the molecule is CC(C)(C)CCC(=O)c1cc(Cl)ccc1Cl. The summed E-state index contributed by atoms with van der Waals surface area (Å²) in [5.74, 6) is 0.0578. The highest BCUT2D eigenvalue weighted by atomic mass is 35.5. The number of carbonyl (C=O) groups excluding carboxylic acids is 1. The monoisotopic (exact) mass is 258 g/mol. The number of rotatable bonds is 3. The van der Waals surface area contributed by atoms with Crippen LogP contribution in [0.15, 0.2) is 18.2 Å². The molecule has 3 heteroatoms. The minimum atomic E-state index is 0.0578. The van der Waals surface area contributed by atoms with Gasteiger partial charge in [0.05, 0.1) is 5.02 Å². The molecule has 0 atom stereocenters. The van der Waals surface area contributed by atoms with Crippen molar-refractivity contribution in [3.63, 3.8) is 0 Å². The summed E-state index contributed by atoms with van der Waals surface area (Å²) in [5.41, 5.74) is 0.680. The summed E-state index contributed by atoms with van der Waals surface area (Å²) < 4.78 is 0. The van der Waals surface area contributed by atoms with Crippen molar-refractivity contribution in [3.8, 4) is 0 Å². The minimum absolute atomic E-state index is 0.0578. The molecule has 0 saturated heterocycles. The fourth-order valence-corrected chi connectivity index (χ4v) is 1.73. The summed E-state index contributed by atoms with van der Waals surface area (Å²) in [4.78, 5) is 11.9. The average Bonchev–Trinajstić information content (AvgIpc) is 2.17. The molecule has 0 bridgehead atoms. The van der Waals surface area contributed by atoms with Crippen molar-refractivity contribution in [2.45, 2.75) is 33.6 Å². The molecule has 1 nitrogen and oxygen atoms in total. The van der Waals surface area contributed by atoms with Gasteiger partial charge < -0.3 is 0 Å². The van der Waals surface area contributed by atoms with Crippen molar-refractivity contribution in [1.82, 2.24) is 0 Å². The van der Waals surface area contributed by atoms with Crippen molar-refractivity contribution >= 4 is 29.0 Å². The van der Waals surface area contributed by atoms with Gasteiger partial charge in [-0.05, 0) is 30.0 Å². The molecule has 1 aromatic carbocycles. The Balaban J connectivity index is 2.77. The van der Waals surface area contributed by atoms with Crippen LogP contribution in [0.2, 0.25) is 10.0 Å². The molecule has 0 aromatic heterocycles. The molecule has 1 aromatic rings. The number of halogens is 2. The van der Waals surface area contributed by atoms with Crippen LogP contribution in [0.5, 0.6) is 0 Å². The van der Waals surface area contributed by atoms with Gasteiger partial charge in [0.1, 0.15) is 0 Å². The molecule has 0 saturated carbocycles. The van der Waals surface area contributed by atoms with Gasteiger partial charge in [-0.25, -0.2) is 0 Å². The van der Waals surface area contributed by atoms with Crippen LogP contribution < -0.4 is 0 Å². The van der Waals surface area contributed by atoms with Crippen molar-refractivity contribution in [3.05, 3.63) is 33.8 Å². The van der Waals surface area contributed by atoms with E-state index in [-0.39, 0.29) is 11.2 Å². The third-order valence-corrected chi connectivity index (χ3v) is 2.90. The number of carbonyl (C=O) groups is 1. The Morgan fingerprint density at radius 2 is 1.88 bits per heavy atom. The molecule has 88 valence electrons. The highest BCUT2D eigenvalue weighted by Gasteiger charge is 2.16. The van der Waals surface area contributed by atoms with Gasteiger partial charge in [-0.2, -0.15) is 0 Å². The standard InChI is InChI=1S/C13H16Cl2O/c1-13(2,3)7-6-12(16)10-8-9(14)4-5-11(10)15/h4-5,8H,6-7H2,1-3H3. The van der Waals surface area contributed by atoms with Gasteiger partial charge in [0.25, 0.3) is 0 Å². The molecule has 0 heterocycles. The normalized spacial score (nSPS) is 11.6. The van der Waals surface area contributed by atoms with Crippen LogP contribution >= 0.6 is 23.2 Å². The van der Waals surface area contributed by atoms with Crippen molar-refractivity contribution in [2.75, 3.05) is 0 Å². The second kappa shape index (κ2) is 5.20. The molecule has 0 spiro atoms. The maximum absolute atomic E-state index is 11.9. The van der Waals surface area contributed by atoms with E-state index in [9.17, 15) is 4.79 Å². The maximum atomic E-state index is 11.9. The van der Waals surface area contributed by atoms with E-state index in [1.807, 2.05) is 0 Å². The summed E-state index contributed by atoms with van der Waals surface area (Å²) in [6, 6.07) is 4.98. The number of benzene rings is 1. The Morgan fingerprint density at radius 1 is 1.25 bits per heavy atom. The Bertz CT molecular complexity index is 391. The first-order chi connectivity index (χ1) is 7.29. The number of ketones is 1. The summed E-state index contributed by atoms with van der Waals surface area (Å²) in [7, 11) is 0. The van der Waals surface area contributed by atoms with E-state index in [2.05, 4.69) is 20.8 Å². The topological polar surface area (TPSA) is 17.1 Å². The van der Waals surface area contributed by atoms with E-state index in [4.69, 9.17) is 23.2 Å². The van der Waals surface area contributed by atoms with Crippen LogP contribution in [-0.2, 0) is 0 Å². The summed E-state index contributed by atoms with van der Waals surface area (Å²) in [5, 5.41) is 1.02. The van der Waals surface area contributed by atoms with Crippen LogP contribution in [0.3, 0.4) is 0 Å². The molecule has 0 aliphatic rings. The zero-order valence-corrected chi connectivity index (χ0v) is 11.3. The third-order valence-electron chi connectivity index (χ3n) is 2.33. The van der Waals surface area contributed by atoms with Gasteiger partial charge in [0, 0.05) is 17.0 Å². The van der Waals surface area contributed by atoms with Crippen LogP contribution in [0.1, 0.15) is 44.0 Å². The Labute approximate surface area is 107 Å². The van der Waals surface area contributed by atoms with E-state index < -0.39 is 0 Å². The van der Waals surface area contributed by atoms with Crippen molar-refractivity contribution < 1.29 is 4.79 Å².